The van der Waals surface area contributed by atoms with Crippen molar-refractivity contribution in [3.05, 3.63) is 86.7 Å². The van der Waals surface area contributed by atoms with Crippen LogP contribution in [-0.4, -0.2) is 36.4 Å². The molecular weight excluding hydrogens is 528 g/mol. The van der Waals surface area contributed by atoms with E-state index in [-0.39, 0.29) is 17.3 Å². The Hall–Kier alpha value is -3.63. The van der Waals surface area contributed by atoms with Gasteiger partial charge in [-0.3, -0.25) is 9.36 Å². The van der Waals surface area contributed by atoms with E-state index >= 15 is 0 Å². The number of imidazole rings is 1. The fourth-order valence-electron chi connectivity index (χ4n) is 3.90. The normalized spacial score (nSPS) is 11.2. The predicted molar refractivity (Wildman–Crippen MR) is 142 cm³/mol. The summed E-state index contributed by atoms with van der Waals surface area (Å²) in [5.41, 5.74) is 5.75. The fourth-order valence-corrected chi connectivity index (χ4v) is 4.92. The Balaban J connectivity index is 1.42. The van der Waals surface area contributed by atoms with Gasteiger partial charge >= 0.3 is 5.69 Å². The summed E-state index contributed by atoms with van der Waals surface area (Å²) in [6.45, 7) is 4.10. The van der Waals surface area contributed by atoms with Crippen molar-refractivity contribution in [1.29, 1.82) is 0 Å². The Kier molecular flexibility index (Phi) is 6.31. The number of nitrogens with one attached hydrogen (secondary N) is 3. The first-order valence-electron chi connectivity index (χ1n) is 10.8. The lowest BCUT2D eigenvalue weighted by Crippen LogP contribution is -2.14. The van der Waals surface area contributed by atoms with Crippen LogP contribution in [0.1, 0.15) is 11.1 Å². The van der Waals surface area contributed by atoms with E-state index in [9.17, 15) is 9.59 Å². The molecule has 176 valence electrons. The molecule has 5 aromatic rings. The van der Waals surface area contributed by atoms with Gasteiger partial charge in [0.15, 0.2) is 11.0 Å². The molecule has 0 radical (unpaired) electrons. The Morgan fingerprint density at radius 1 is 0.971 bits per heavy atom. The number of benzene rings is 3. The van der Waals surface area contributed by atoms with Gasteiger partial charge in [0.1, 0.15) is 0 Å². The number of amides is 1. The minimum absolute atomic E-state index is 0.144. The Bertz CT molecular complexity index is 1580. The number of H-pyrrole nitrogens is 2. The quantitative estimate of drug-likeness (QED) is 0.252. The maximum Gasteiger partial charge on any atom is 0.323 e. The highest BCUT2D eigenvalue weighted by Crippen LogP contribution is 2.30. The van der Waals surface area contributed by atoms with Crippen molar-refractivity contribution >= 4 is 50.3 Å². The Morgan fingerprint density at radius 3 is 2.43 bits per heavy atom. The van der Waals surface area contributed by atoms with Gasteiger partial charge in [-0.25, -0.2) is 4.79 Å². The zero-order valence-electron chi connectivity index (χ0n) is 18.9. The van der Waals surface area contributed by atoms with Crippen LogP contribution in [0.25, 0.3) is 28.1 Å². The van der Waals surface area contributed by atoms with E-state index in [1.807, 2.05) is 28.8 Å². The number of aromatic amines is 2. The third kappa shape index (κ3) is 5.08. The highest BCUT2D eigenvalue weighted by molar-refractivity contribution is 9.10. The minimum atomic E-state index is -0.286. The van der Waals surface area contributed by atoms with Crippen molar-refractivity contribution in [2.75, 3.05) is 11.1 Å². The van der Waals surface area contributed by atoms with E-state index < -0.39 is 0 Å². The number of thioether (sulfide) groups is 1. The number of aromatic nitrogens is 5. The molecule has 0 saturated carbocycles. The molecule has 35 heavy (non-hydrogen) atoms. The minimum Gasteiger partial charge on any atom is -0.325 e. The lowest BCUT2D eigenvalue weighted by Gasteiger charge is -2.12. The first-order valence-corrected chi connectivity index (χ1v) is 12.6. The van der Waals surface area contributed by atoms with Crippen LogP contribution in [0.2, 0.25) is 0 Å². The van der Waals surface area contributed by atoms with Crippen LogP contribution in [-0.2, 0) is 4.79 Å². The molecule has 0 spiro atoms. The molecule has 0 bridgehead atoms. The van der Waals surface area contributed by atoms with Crippen molar-refractivity contribution in [1.82, 2.24) is 24.7 Å². The van der Waals surface area contributed by atoms with E-state index in [0.717, 1.165) is 26.9 Å². The Morgan fingerprint density at radius 2 is 1.69 bits per heavy atom. The number of nitrogens with zero attached hydrogens (tertiary/aromatic N) is 3. The van der Waals surface area contributed by atoms with Crippen molar-refractivity contribution < 1.29 is 4.79 Å². The van der Waals surface area contributed by atoms with Crippen LogP contribution in [0, 0.1) is 13.8 Å². The number of aryl methyl sites for hydroxylation is 2. The van der Waals surface area contributed by atoms with Gasteiger partial charge in [-0.15, -0.1) is 10.2 Å². The topological polar surface area (TPSA) is 108 Å². The third-order valence-electron chi connectivity index (χ3n) is 5.33. The number of hydrogen-bond donors (Lipinski definition) is 3. The largest absolute Gasteiger partial charge is 0.325 e. The van der Waals surface area contributed by atoms with Crippen molar-refractivity contribution in [2.45, 2.75) is 19.0 Å². The van der Waals surface area contributed by atoms with Gasteiger partial charge in [0.05, 0.1) is 22.5 Å². The lowest BCUT2D eigenvalue weighted by molar-refractivity contribution is -0.113. The number of hydrogen-bond acceptors (Lipinski definition) is 5. The van der Waals surface area contributed by atoms with E-state index in [1.165, 1.54) is 11.8 Å². The maximum absolute atomic E-state index is 12.7. The summed E-state index contributed by atoms with van der Waals surface area (Å²) >= 11 is 4.79. The number of carbonyl (C=O) groups excluding carboxylic acids is 1. The van der Waals surface area contributed by atoms with Gasteiger partial charge in [0, 0.05) is 15.7 Å². The molecule has 1 amide bonds. The zero-order chi connectivity index (χ0) is 24.5. The average molecular weight is 549 g/mol. The molecule has 0 unspecified atom stereocenters. The van der Waals surface area contributed by atoms with Crippen molar-refractivity contribution in [3.63, 3.8) is 0 Å². The lowest BCUT2D eigenvalue weighted by atomic mass is 10.1. The van der Waals surface area contributed by atoms with Crippen molar-refractivity contribution in [2.24, 2.45) is 0 Å². The molecule has 3 aromatic carbocycles. The summed E-state index contributed by atoms with van der Waals surface area (Å²) in [5.74, 6) is 0.657. The summed E-state index contributed by atoms with van der Waals surface area (Å²) in [6.07, 6.45) is 0. The van der Waals surface area contributed by atoms with Crippen LogP contribution in [0.5, 0.6) is 0 Å². The summed E-state index contributed by atoms with van der Waals surface area (Å²) < 4.78 is 2.96. The third-order valence-corrected chi connectivity index (χ3v) is 6.79. The summed E-state index contributed by atoms with van der Waals surface area (Å²) in [5, 5.41) is 12.4. The molecule has 8 nitrogen and oxygen atoms in total. The van der Waals surface area contributed by atoms with Gasteiger partial charge < -0.3 is 15.3 Å². The molecule has 0 saturated heterocycles. The van der Waals surface area contributed by atoms with Crippen LogP contribution < -0.4 is 11.0 Å². The highest BCUT2D eigenvalue weighted by atomic mass is 79.9. The van der Waals surface area contributed by atoms with Crippen LogP contribution >= 0.6 is 27.7 Å². The first kappa shape index (κ1) is 23.1. The summed E-state index contributed by atoms with van der Waals surface area (Å²) in [7, 11) is 0. The van der Waals surface area contributed by atoms with Gasteiger partial charge in [-0.2, -0.15) is 0 Å². The standard InChI is InChI=1S/C25H21BrN6O2S/c1-14-9-15(2)11-19(10-14)32-23(16-3-5-17(26)6-4-16)30-31-25(32)35-13-22(33)27-18-7-8-20-21(12-18)29-24(34)28-20/h3-12H,13H2,1-2H3,(H,27,33)(H2,28,29,34). The molecule has 0 aliphatic heterocycles. The van der Waals surface area contributed by atoms with E-state index in [0.29, 0.717) is 27.7 Å². The van der Waals surface area contributed by atoms with E-state index in [1.54, 1.807) is 18.2 Å². The second-order valence-corrected chi connectivity index (χ2v) is 10.0. The highest BCUT2D eigenvalue weighted by Gasteiger charge is 2.18. The van der Waals surface area contributed by atoms with E-state index in [2.05, 4.69) is 73.5 Å². The molecule has 2 aromatic heterocycles. The molecule has 0 fully saturated rings. The van der Waals surface area contributed by atoms with Gasteiger partial charge in [-0.05, 0) is 67.4 Å². The first-order chi connectivity index (χ1) is 16.9. The van der Waals surface area contributed by atoms with Gasteiger partial charge in [-0.1, -0.05) is 45.9 Å². The Labute approximate surface area is 213 Å². The second-order valence-electron chi connectivity index (χ2n) is 8.17. The number of rotatable bonds is 6. The SMILES string of the molecule is Cc1cc(C)cc(-n2c(SCC(=O)Nc3ccc4[nH]c(=O)[nH]c4c3)nnc2-c2ccc(Br)cc2)c1. The van der Waals surface area contributed by atoms with Crippen molar-refractivity contribution in [3.8, 4) is 17.1 Å². The summed E-state index contributed by atoms with van der Waals surface area (Å²) in [4.78, 5) is 29.6. The predicted octanol–water partition coefficient (Wildman–Crippen LogP) is 5.21. The molecule has 5 rings (SSSR count). The molecule has 3 N–H and O–H groups in total. The van der Waals surface area contributed by atoms with Crippen LogP contribution in [0.4, 0.5) is 5.69 Å². The molecule has 0 aliphatic carbocycles. The maximum atomic E-state index is 12.7. The van der Waals surface area contributed by atoms with Gasteiger partial charge in [0.25, 0.3) is 0 Å². The number of halogens is 1. The van der Waals surface area contributed by atoms with Gasteiger partial charge in [0.2, 0.25) is 5.91 Å². The van der Waals surface area contributed by atoms with Crippen LogP contribution in [0.3, 0.4) is 0 Å². The number of anilines is 1. The van der Waals surface area contributed by atoms with E-state index in [4.69, 9.17) is 0 Å². The second kappa shape index (κ2) is 9.55. The molecule has 0 aliphatic rings. The number of carbonyl (C=O) groups is 1. The summed E-state index contributed by atoms with van der Waals surface area (Å²) in [6, 6.07) is 19.4. The molecule has 10 heteroatoms. The molecular formula is C25H21BrN6O2S. The fraction of sp³-hybridized carbons (Fsp3) is 0.120. The zero-order valence-corrected chi connectivity index (χ0v) is 21.3. The smallest absolute Gasteiger partial charge is 0.323 e. The molecule has 0 atom stereocenters. The number of fused-ring (bicyclic) bond motifs is 1. The average Bonchev–Trinajstić information content (AvgIpc) is 3.40. The molecule has 2 heterocycles. The monoisotopic (exact) mass is 548 g/mol. The van der Waals surface area contributed by atoms with Crippen LogP contribution in [0.15, 0.2) is 75.1 Å².